The number of benzene rings is 2. The molecule has 0 aromatic heterocycles. The van der Waals surface area contributed by atoms with E-state index in [2.05, 4.69) is 5.32 Å². The number of β-lactam (4-membered cyclic amide) rings is 1. The van der Waals surface area contributed by atoms with E-state index in [9.17, 15) is 29.3 Å². The van der Waals surface area contributed by atoms with Gasteiger partial charge in [0.25, 0.3) is 5.69 Å². The van der Waals surface area contributed by atoms with Gasteiger partial charge >= 0.3 is 11.9 Å². The summed E-state index contributed by atoms with van der Waals surface area (Å²) < 4.78 is 10.4. The Hall–Kier alpha value is -4.19. The molecule has 2 saturated heterocycles. The number of carbonyl (C=O) groups is 4. The van der Waals surface area contributed by atoms with Crippen molar-refractivity contribution >= 4 is 41.2 Å². The van der Waals surface area contributed by atoms with Crippen LogP contribution in [-0.4, -0.2) is 56.8 Å². The quantitative estimate of drug-likeness (QED) is 0.180. The fraction of sp³-hybridized carbons (Fsp3) is 0.280. The number of nitrogens with zero attached hydrogens (tertiary/aromatic N) is 2. The fourth-order valence-corrected chi connectivity index (χ4v) is 5.34. The Morgan fingerprint density at radius 2 is 1.84 bits per heavy atom. The Labute approximate surface area is 215 Å². The average molecular weight is 526 g/mol. The number of thioether (sulfide) groups is 1. The van der Waals surface area contributed by atoms with Crippen LogP contribution in [0.25, 0.3) is 0 Å². The van der Waals surface area contributed by atoms with Crippen molar-refractivity contribution in [2.75, 3.05) is 5.75 Å². The summed E-state index contributed by atoms with van der Waals surface area (Å²) in [6.45, 7) is 1.04. The van der Waals surface area contributed by atoms with Gasteiger partial charge in [0.2, 0.25) is 11.8 Å². The molecular weight excluding hydrogens is 502 g/mol. The first-order chi connectivity index (χ1) is 17.7. The van der Waals surface area contributed by atoms with E-state index in [4.69, 9.17) is 9.47 Å². The maximum Gasteiger partial charge on any atom is 0.333 e. The van der Waals surface area contributed by atoms with E-state index in [0.29, 0.717) is 11.1 Å². The van der Waals surface area contributed by atoms with Crippen LogP contribution < -0.4 is 5.32 Å². The third-order valence-corrected chi connectivity index (χ3v) is 7.12. The van der Waals surface area contributed by atoms with E-state index in [1.165, 1.54) is 47.9 Å². The number of nitro groups is 1. The first kappa shape index (κ1) is 25.9. The Kier molecular flexibility index (Phi) is 7.87. The zero-order valence-corrected chi connectivity index (χ0v) is 20.5. The van der Waals surface area contributed by atoms with Gasteiger partial charge in [-0.2, -0.15) is 0 Å². The minimum Gasteiger partial charge on any atom is -0.459 e. The van der Waals surface area contributed by atoms with Crippen LogP contribution in [0.4, 0.5) is 5.69 Å². The molecule has 2 heterocycles. The molecule has 0 aliphatic carbocycles. The van der Waals surface area contributed by atoms with Gasteiger partial charge in [-0.3, -0.25) is 24.5 Å². The molecule has 1 N–H and O–H groups in total. The van der Waals surface area contributed by atoms with Gasteiger partial charge < -0.3 is 19.7 Å². The van der Waals surface area contributed by atoms with Crippen molar-refractivity contribution in [2.24, 2.45) is 0 Å². The summed E-state index contributed by atoms with van der Waals surface area (Å²) in [4.78, 5) is 61.6. The van der Waals surface area contributed by atoms with E-state index < -0.39 is 40.2 Å². The number of esters is 2. The third kappa shape index (κ3) is 5.97. The third-order valence-electron chi connectivity index (χ3n) is 5.78. The molecule has 2 fully saturated rings. The Morgan fingerprint density at radius 3 is 2.49 bits per heavy atom. The van der Waals surface area contributed by atoms with Gasteiger partial charge in [0.1, 0.15) is 18.0 Å². The number of hydrogen-bond acceptors (Lipinski definition) is 9. The Bertz CT molecular complexity index is 1250. The lowest BCUT2D eigenvalue weighted by atomic mass is 9.98. The minimum absolute atomic E-state index is 0.0969. The first-order valence-electron chi connectivity index (χ1n) is 11.3. The highest BCUT2D eigenvalue weighted by Crippen LogP contribution is 2.41. The van der Waals surface area contributed by atoms with Crippen LogP contribution >= 0.6 is 11.8 Å². The predicted molar refractivity (Wildman–Crippen MR) is 132 cm³/mol. The van der Waals surface area contributed by atoms with Crippen LogP contribution in [-0.2, 0) is 41.7 Å². The molecule has 2 unspecified atom stereocenters. The molecule has 12 heteroatoms. The molecule has 2 aliphatic rings. The standard InChI is InChI=1S/C25H23N3O8S/c1-15(29)35-13-18-14-37-24-21(26-20(30)11-16-5-3-2-4-6-16)23(31)27(24)22(18)25(32)36-12-17-7-9-19(10-8-17)28(33)34/h2-10,13,21-22,24H,11-12,14H2,1H3,(H,26,30)/b18-13-/t21?,22?,24-/m1/s1. The summed E-state index contributed by atoms with van der Waals surface area (Å²) in [6, 6.07) is 12.7. The molecule has 2 aromatic rings. The number of nitrogens with one attached hydrogen (secondary N) is 1. The predicted octanol–water partition coefficient (Wildman–Crippen LogP) is 2.10. The number of carbonyl (C=O) groups excluding carboxylic acids is 4. The minimum atomic E-state index is -1.14. The highest BCUT2D eigenvalue weighted by molar-refractivity contribution is 8.00. The molecule has 11 nitrogen and oxygen atoms in total. The Morgan fingerprint density at radius 1 is 1.14 bits per heavy atom. The van der Waals surface area contributed by atoms with Gasteiger partial charge in [-0.15, -0.1) is 11.8 Å². The molecule has 2 amide bonds. The normalized spacial score (nSPS) is 21.4. The Balaban J connectivity index is 1.45. The summed E-state index contributed by atoms with van der Waals surface area (Å²) in [7, 11) is 0. The van der Waals surface area contributed by atoms with E-state index in [1.54, 1.807) is 0 Å². The zero-order chi connectivity index (χ0) is 26.5. The smallest absolute Gasteiger partial charge is 0.333 e. The van der Waals surface area contributed by atoms with Crippen molar-refractivity contribution in [3.63, 3.8) is 0 Å². The number of non-ortho nitro benzene ring substituents is 1. The molecule has 2 aromatic carbocycles. The second-order valence-corrected chi connectivity index (χ2v) is 9.50. The van der Waals surface area contributed by atoms with Crippen LogP contribution in [0.3, 0.4) is 0 Å². The molecule has 192 valence electrons. The molecule has 3 atom stereocenters. The van der Waals surface area contributed by atoms with Gasteiger partial charge in [-0.05, 0) is 23.3 Å². The topological polar surface area (TPSA) is 145 Å². The van der Waals surface area contributed by atoms with Crippen molar-refractivity contribution in [3.8, 4) is 0 Å². The van der Waals surface area contributed by atoms with E-state index >= 15 is 0 Å². The average Bonchev–Trinajstić information content (AvgIpc) is 2.89. The molecule has 0 saturated carbocycles. The molecular formula is C25H23N3O8S. The molecule has 4 rings (SSSR count). The van der Waals surface area contributed by atoms with Gasteiger partial charge in [0, 0.05) is 30.4 Å². The summed E-state index contributed by atoms with van der Waals surface area (Å²) in [5.41, 5.74) is 1.60. The van der Waals surface area contributed by atoms with E-state index in [1.807, 2.05) is 30.3 Å². The van der Waals surface area contributed by atoms with Crippen LogP contribution in [0.15, 0.2) is 66.4 Å². The molecule has 2 aliphatic heterocycles. The van der Waals surface area contributed by atoms with Crippen LogP contribution in [0, 0.1) is 10.1 Å². The monoisotopic (exact) mass is 525 g/mol. The van der Waals surface area contributed by atoms with E-state index in [0.717, 1.165) is 11.8 Å². The highest BCUT2D eigenvalue weighted by Gasteiger charge is 2.57. The van der Waals surface area contributed by atoms with Crippen molar-refractivity contribution < 1.29 is 33.6 Å². The lowest BCUT2D eigenvalue weighted by molar-refractivity contribution is -0.384. The van der Waals surface area contributed by atoms with Gasteiger partial charge in [0.05, 0.1) is 17.6 Å². The SMILES string of the molecule is CC(=O)O/C=C1/CS[C@@H]2C(NC(=O)Cc3ccccc3)C(=O)N2C1C(=O)OCc1ccc([N+](=O)[O-])cc1. The van der Waals surface area contributed by atoms with Crippen LogP contribution in [0.2, 0.25) is 0 Å². The summed E-state index contributed by atoms with van der Waals surface area (Å²) in [5.74, 6) is -1.83. The number of ether oxygens (including phenoxy) is 2. The second kappa shape index (κ2) is 11.2. The highest BCUT2D eigenvalue weighted by atomic mass is 32.2. The van der Waals surface area contributed by atoms with Crippen LogP contribution in [0.1, 0.15) is 18.1 Å². The van der Waals surface area contributed by atoms with Gasteiger partial charge in [-0.1, -0.05) is 30.3 Å². The maximum absolute atomic E-state index is 13.1. The van der Waals surface area contributed by atoms with Crippen LogP contribution in [0.5, 0.6) is 0 Å². The lowest BCUT2D eigenvalue weighted by Crippen LogP contribution is -2.74. The summed E-state index contributed by atoms with van der Waals surface area (Å²) in [5, 5.41) is 13.1. The van der Waals surface area contributed by atoms with Crippen molar-refractivity contribution in [1.82, 2.24) is 10.2 Å². The number of nitro benzene ring substituents is 1. The second-order valence-electron chi connectivity index (χ2n) is 8.39. The molecule has 0 radical (unpaired) electrons. The van der Waals surface area contributed by atoms with Gasteiger partial charge in [0.15, 0.2) is 6.04 Å². The fourth-order valence-electron chi connectivity index (χ4n) is 3.98. The molecule has 37 heavy (non-hydrogen) atoms. The maximum atomic E-state index is 13.1. The first-order valence-corrected chi connectivity index (χ1v) is 12.3. The molecule has 0 bridgehead atoms. The van der Waals surface area contributed by atoms with Crippen molar-refractivity contribution in [1.29, 1.82) is 0 Å². The van der Waals surface area contributed by atoms with Gasteiger partial charge in [-0.25, -0.2) is 4.79 Å². The lowest BCUT2D eigenvalue weighted by Gasteiger charge is -2.52. The van der Waals surface area contributed by atoms with Crippen molar-refractivity contribution in [2.45, 2.75) is 37.4 Å². The largest absolute Gasteiger partial charge is 0.459 e. The number of fused-ring (bicyclic) bond motifs is 1. The number of rotatable bonds is 8. The summed E-state index contributed by atoms with van der Waals surface area (Å²) in [6.07, 6.45) is 1.26. The summed E-state index contributed by atoms with van der Waals surface area (Å²) >= 11 is 1.33. The van der Waals surface area contributed by atoms with E-state index in [-0.39, 0.29) is 30.4 Å². The molecule has 0 spiro atoms. The number of hydrogen-bond donors (Lipinski definition) is 1. The number of amides is 2. The van der Waals surface area contributed by atoms with Crippen molar-refractivity contribution in [3.05, 3.63) is 87.7 Å². The zero-order valence-electron chi connectivity index (χ0n) is 19.7.